The van der Waals surface area contributed by atoms with E-state index < -0.39 is 22.2 Å². The average Bonchev–Trinajstić information content (AvgIpc) is 2.15. The molecule has 0 aromatic rings. The van der Waals surface area contributed by atoms with Crippen molar-refractivity contribution in [2.75, 3.05) is 6.61 Å². The van der Waals surface area contributed by atoms with Crippen molar-refractivity contribution in [3.05, 3.63) is 0 Å². The Morgan fingerprint density at radius 3 is 2.55 bits per heavy atom. The molecule has 0 aromatic heterocycles. The average molecular weight is 180 g/mol. The second-order valence-corrected chi connectivity index (χ2v) is 2.75. The number of rotatable bonds is 1. The molecule has 2 N–H and O–H groups in total. The van der Waals surface area contributed by atoms with Gasteiger partial charge in [-0.25, -0.2) is 0 Å². The van der Waals surface area contributed by atoms with E-state index in [-0.39, 0.29) is 5.48 Å². The van der Waals surface area contributed by atoms with Crippen LogP contribution < -0.4 is 0 Å². The van der Waals surface area contributed by atoms with Gasteiger partial charge < -0.3 is 10.2 Å². The lowest BCUT2D eigenvalue weighted by molar-refractivity contribution is -0.139. The zero-order chi connectivity index (χ0) is 7.56. The minimum absolute atomic E-state index is 0. The van der Waals surface area contributed by atoms with Gasteiger partial charge in [-0.1, -0.05) is 0 Å². The molecule has 1 atom stereocenters. The third-order valence-electron chi connectivity index (χ3n) is 1.25. The number of ether oxygens (including phenoxy) is 1. The topological polar surface area (TPSA) is 91.9 Å². The Kier molecular flexibility index (Phi) is 3.77. The lowest BCUT2D eigenvalue weighted by Crippen LogP contribution is -2.08. The maximum Gasteiger partial charge on any atom is 0.313 e. The van der Waals surface area contributed by atoms with Gasteiger partial charge in [-0.15, -0.1) is 0 Å². The van der Waals surface area contributed by atoms with Gasteiger partial charge in [-0.2, -0.15) is 8.42 Å². The molecule has 1 unspecified atom stereocenters. The van der Waals surface area contributed by atoms with Crippen molar-refractivity contribution >= 4 is 21.6 Å². The molecule has 0 spiro atoms. The van der Waals surface area contributed by atoms with E-state index in [4.69, 9.17) is 0 Å². The largest absolute Gasteiger partial charge is 0.465 e. The number of carbonyl (C=O) groups excluding carboxylic acids is 1. The Hall–Kier alpha value is -0.880. The van der Waals surface area contributed by atoms with Gasteiger partial charge in [-0.05, 0) is 6.42 Å². The minimum atomic E-state index is -2.25. The molecule has 0 saturated carbocycles. The van der Waals surface area contributed by atoms with Crippen LogP contribution in [0.2, 0.25) is 0 Å². The van der Waals surface area contributed by atoms with Crippen LogP contribution in [-0.4, -0.2) is 31.8 Å². The van der Waals surface area contributed by atoms with Crippen molar-refractivity contribution in [1.29, 1.82) is 0 Å². The van der Waals surface area contributed by atoms with Gasteiger partial charge in [0.25, 0.3) is 0 Å². The Labute approximate surface area is 64.8 Å². The SMILES string of the molecule is O.O=C1OCCC1C=S(=O)=O. The van der Waals surface area contributed by atoms with E-state index in [1.54, 1.807) is 0 Å². The molecule has 1 heterocycles. The van der Waals surface area contributed by atoms with Crippen molar-refractivity contribution in [3.8, 4) is 0 Å². The third kappa shape index (κ3) is 2.69. The number of hydrogen-bond acceptors (Lipinski definition) is 4. The zero-order valence-corrected chi connectivity index (χ0v) is 6.43. The molecule has 0 aliphatic carbocycles. The molecule has 1 rings (SSSR count). The van der Waals surface area contributed by atoms with Crippen LogP contribution in [0.5, 0.6) is 0 Å². The summed E-state index contributed by atoms with van der Waals surface area (Å²) in [4.78, 5) is 10.6. The summed E-state index contributed by atoms with van der Waals surface area (Å²) in [5, 5.41) is 0.968. The quantitative estimate of drug-likeness (QED) is 0.359. The summed E-state index contributed by atoms with van der Waals surface area (Å²) in [5.74, 6) is -0.984. The van der Waals surface area contributed by atoms with E-state index in [2.05, 4.69) is 4.74 Å². The van der Waals surface area contributed by atoms with Gasteiger partial charge in [0, 0.05) is 0 Å². The third-order valence-corrected chi connectivity index (χ3v) is 1.80. The molecule has 1 aliphatic heterocycles. The van der Waals surface area contributed by atoms with Crippen LogP contribution in [0.25, 0.3) is 0 Å². The van der Waals surface area contributed by atoms with E-state index in [1.807, 2.05) is 0 Å². The fraction of sp³-hybridized carbons (Fsp3) is 0.600. The second-order valence-electron chi connectivity index (χ2n) is 1.96. The van der Waals surface area contributed by atoms with E-state index in [9.17, 15) is 13.2 Å². The molecule has 1 saturated heterocycles. The maximum atomic E-state index is 10.6. The first-order chi connectivity index (χ1) is 4.70. The summed E-state index contributed by atoms with van der Waals surface area (Å²) in [7, 11) is -2.25. The van der Waals surface area contributed by atoms with E-state index in [0.29, 0.717) is 13.0 Å². The molecule has 1 aliphatic rings. The van der Waals surface area contributed by atoms with Gasteiger partial charge in [0.2, 0.25) is 10.3 Å². The number of hydrogen-bond donors (Lipinski definition) is 0. The van der Waals surface area contributed by atoms with Gasteiger partial charge >= 0.3 is 5.97 Å². The molecule has 5 nitrogen and oxygen atoms in total. The van der Waals surface area contributed by atoms with Gasteiger partial charge in [0.05, 0.1) is 17.9 Å². The van der Waals surface area contributed by atoms with Gasteiger partial charge in [0.1, 0.15) is 0 Å². The Bertz CT molecular complexity index is 257. The summed E-state index contributed by atoms with van der Waals surface area (Å²) in [6.45, 7) is 0.331. The fourth-order valence-corrected chi connectivity index (χ4v) is 1.28. The zero-order valence-electron chi connectivity index (χ0n) is 5.61. The lowest BCUT2D eigenvalue weighted by Gasteiger charge is -1.89. The minimum Gasteiger partial charge on any atom is -0.465 e. The number of carbonyl (C=O) groups is 1. The maximum absolute atomic E-state index is 10.6. The smallest absolute Gasteiger partial charge is 0.313 e. The molecular weight excluding hydrogens is 172 g/mol. The molecule has 0 bridgehead atoms. The van der Waals surface area contributed by atoms with Crippen LogP contribution in [0, 0.1) is 5.92 Å². The van der Waals surface area contributed by atoms with Crippen molar-refractivity contribution in [1.82, 2.24) is 0 Å². The first-order valence-electron chi connectivity index (χ1n) is 2.80. The molecule has 0 aromatic carbocycles. The normalized spacial score (nSPS) is 21.8. The lowest BCUT2D eigenvalue weighted by atomic mass is 10.1. The summed E-state index contributed by atoms with van der Waals surface area (Å²) < 4.78 is 24.6. The summed E-state index contributed by atoms with van der Waals surface area (Å²) in [6, 6.07) is 0. The Balaban J connectivity index is 0.000001000. The van der Waals surface area contributed by atoms with Crippen LogP contribution in [0.4, 0.5) is 0 Å². The Morgan fingerprint density at radius 2 is 2.18 bits per heavy atom. The monoisotopic (exact) mass is 180 g/mol. The van der Waals surface area contributed by atoms with Crippen LogP contribution in [0.1, 0.15) is 6.42 Å². The highest BCUT2D eigenvalue weighted by Gasteiger charge is 2.24. The van der Waals surface area contributed by atoms with Crippen molar-refractivity contribution in [2.45, 2.75) is 6.42 Å². The molecule has 6 heteroatoms. The van der Waals surface area contributed by atoms with Crippen molar-refractivity contribution < 1.29 is 23.4 Å². The molecule has 11 heavy (non-hydrogen) atoms. The number of esters is 1. The highest BCUT2D eigenvalue weighted by molar-refractivity contribution is 7.71. The first-order valence-corrected chi connectivity index (χ1v) is 3.93. The fourth-order valence-electron chi connectivity index (χ4n) is 0.769. The molecular formula is C5H8O5S. The standard InChI is InChI=1S/C5H6O4S.H2O/c6-5-4(1-2-9-5)3-10(7)8;/h3-4H,1-2H2;1H2. The predicted molar refractivity (Wildman–Crippen MR) is 37.7 cm³/mol. The van der Waals surface area contributed by atoms with Gasteiger partial charge in [0.15, 0.2) is 0 Å². The van der Waals surface area contributed by atoms with Gasteiger partial charge in [-0.3, -0.25) is 4.79 Å². The molecule has 0 amide bonds. The summed E-state index contributed by atoms with van der Waals surface area (Å²) >= 11 is 0. The van der Waals surface area contributed by atoms with Crippen LogP contribution in [0.3, 0.4) is 0 Å². The number of cyclic esters (lactones) is 1. The van der Waals surface area contributed by atoms with E-state index in [1.165, 1.54) is 0 Å². The Morgan fingerprint density at radius 1 is 1.55 bits per heavy atom. The first kappa shape index (κ1) is 10.1. The molecule has 64 valence electrons. The van der Waals surface area contributed by atoms with Crippen LogP contribution in [-0.2, 0) is 19.8 Å². The van der Waals surface area contributed by atoms with Crippen molar-refractivity contribution in [2.24, 2.45) is 5.92 Å². The van der Waals surface area contributed by atoms with Crippen LogP contribution >= 0.6 is 0 Å². The second kappa shape index (κ2) is 4.09. The molecule has 1 fully saturated rings. The highest BCUT2D eigenvalue weighted by Crippen LogP contribution is 2.10. The molecule has 0 radical (unpaired) electrons. The van der Waals surface area contributed by atoms with Crippen LogP contribution in [0.15, 0.2) is 0 Å². The predicted octanol–water partition coefficient (Wildman–Crippen LogP) is -1.59. The van der Waals surface area contributed by atoms with Crippen molar-refractivity contribution in [3.63, 3.8) is 0 Å². The van der Waals surface area contributed by atoms with E-state index >= 15 is 0 Å². The summed E-state index contributed by atoms with van der Waals surface area (Å²) in [6.07, 6.45) is 0.479. The van der Waals surface area contributed by atoms with E-state index in [0.717, 1.165) is 5.37 Å². The summed E-state index contributed by atoms with van der Waals surface area (Å²) in [5.41, 5.74) is 0. The highest BCUT2D eigenvalue weighted by atomic mass is 32.2.